The predicted molar refractivity (Wildman–Crippen MR) is 93.7 cm³/mol. The largest absolute Gasteiger partial charge is 0.515 e. The molecular formula is C18H27NO6. The van der Waals surface area contributed by atoms with Gasteiger partial charge < -0.3 is 14.6 Å². The minimum Gasteiger partial charge on any atom is -0.515 e. The summed E-state index contributed by atoms with van der Waals surface area (Å²) in [6.45, 7) is 5.17. The molecule has 2 N–H and O–H groups in total. The molecule has 0 aliphatic heterocycles. The number of methoxy groups -OCH3 is 2. The van der Waals surface area contributed by atoms with Crippen molar-refractivity contribution in [1.29, 1.82) is 0 Å². The third-order valence-electron chi connectivity index (χ3n) is 3.45. The maximum atomic E-state index is 12.2. The maximum absolute atomic E-state index is 12.2. The summed E-state index contributed by atoms with van der Waals surface area (Å²) >= 11 is 0. The Hall–Kier alpha value is -2.57. The van der Waals surface area contributed by atoms with Crippen LogP contribution in [0.25, 0.3) is 0 Å². The highest BCUT2D eigenvalue weighted by molar-refractivity contribution is 6.24. The minimum atomic E-state index is -0.590. The van der Waals surface area contributed by atoms with Crippen molar-refractivity contribution in [1.82, 2.24) is 5.32 Å². The van der Waals surface area contributed by atoms with Crippen LogP contribution in [0.15, 0.2) is 35.9 Å². The molecule has 1 unspecified atom stereocenters. The molecule has 0 saturated carbocycles. The number of aliphatic hydroxyl groups excluding tert-OH is 1. The van der Waals surface area contributed by atoms with Crippen molar-refractivity contribution in [3.8, 4) is 0 Å². The fourth-order valence-corrected chi connectivity index (χ4v) is 1.93. The Labute approximate surface area is 148 Å². The van der Waals surface area contributed by atoms with E-state index in [1.54, 1.807) is 19.9 Å². The number of ether oxygens (including phenoxy) is 2. The van der Waals surface area contributed by atoms with Crippen LogP contribution >= 0.6 is 0 Å². The highest BCUT2D eigenvalue weighted by Gasteiger charge is 2.21. The summed E-state index contributed by atoms with van der Waals surface area (Å²) < 4.78 is 9.66. The average Bonchev–Trinajstić information content (AvgIpc) is 2.59. The number of carbonyl (C=O) groups is 3. The zero-order valence-corrected chi connectivity index (χ0v) is 15.4. The molecule has 0 aromatic heterocycles. The number of carbonyl (C=O) groups excluding carboxylic acids is 3. The number of Topliss-reactive ketones (excluding diaryl/α,β-unsaturated/α-hetero) is 1. The summed E-state index contributed by atoms with van der Waals surface area (Å²) in [5, 5.41) is 11.6. The number of aliphatic hydroxyl groups is 1. The van der Waals surface area contributed by atoms with E-state index in [1.165, 1.54) is 26.5 Å². The zero-order chi connectivity index (χ0) is 19.4. The van der Waals surface area contributed by atoms with Crippen molar-refractivity contribution in [2.24, 2.45) is 11.8 Å². The molecule has 0 spiro atoms. The van der Waals surface area contributed by atoms with E-state index in [9.17, 15) is 19.5 Å². The molecule has 0 heterocycles. The zero-order valence-electron chi connectivity index (χ0n) is 15.4. The molecule has 0 aliphatic carbocycles. The molecule has 140 valence electrons. The van der Waals surface area contributed by atoms with E-state index in [0.29, 0.717) is 24.9 Å². The van der Waals surface area contributed by atoms with Crippen molar-refractivity contribution in [2.45, 2.75) is 33.6 Å². The summed E-state index contributed by atoms with van der Waals surface area (Å²) in [5.74, 6) is -1.09. The molecule has 1 atom stereocenters. The molecule has 0 aliphatic rings. The van der Waals surface area contributed by atoms with Gasteiger partial charge in [0.15, 0.2) is 11.6 Å². The SMILES string of the molecule is COC(=O)N/C=C/CCC(C)/C(=C/C(=O)C(=CO)C(=O)C(C)C)OC. The number of allylic oxidation sites excluding steroid dienone is 4. The summed E-state index contributed by atoms with van der Waals surface area (Å²) in [6, 6.07) is 0. The van der Waals surface area contributed by atoms with Crippen LogP contribution in [-0.4, -0.2) is 37.0 Å². The van der Waals surface area contributed by atoms with Gasteiger partial charge in [0.25, 0.3) is 0 Å². The lowest BCUT2D eigenvalue weighted by Crippen LogP contribution is -2.18. The van der Waals surface area contributed by atoms with Gasteiger partial charge in [0.2, 0.25) is 0 Å². The first-order valence-corrected chi connectivity index (χ1v) is 7.96. The number of hydrogen-bond acceptors (Lipinski definition) is 6. The first-order valence-electron chi connectivity index (χ1n) is 7.96. The summed E-state index contributed by atoms with van der Waals surface area (Å²) in [4.78, 5) is 35.0. The lowest BCUT2D eigenvalue weighted by Gasteiger charge is -2.14. The van der Waals surface area contributed by atoms with Gasteiger partial charge in [0.1, 0.15) is 5.76 Å². The molecule has 0 aromatic rings. The van der Waals surface area contributed by atoms with E-state index in [1.807, 2.05) is 6.92 Å². The average molecular weight is 353 g/mol. The van der Waals surface area contributed by atoms with E-state index >= 15 is 0 Å². The molecule has 7 nitrogen and oxygen atoms in total. The minimum absolute atomic E-state index is 0.0918. The van der Waals surface area contributed by atoms with Crippen molar-refractivity contribution >= 4 is 17.7 Å². The van der Waals surface area contributed by atoms with Gasteiger partial charge in [0, 0.05) is 24.1 Å². The van der Waals surface area contributed by atoms with Gasteiger partial charge in [-0.25, -0.2) is 4.79 Å². The summed E-state index contributed by atoms with van der Waals surface area (Å²) in [6.07, 6.45) is 5.74. The molecule has 1 amide bonds. The molecule has 25 heavy (non-hydrogen) atoms. The molecule has 0 bridgehead atoms. The standard InChI is InChI=1S/C18H27NO6/c1-12(2)17(22)14(11-20)15(21)10-16(24-4)13(3)8-6-7-9-19-18(23)25-5/h7,9-13,20H,6,8H2,1-5H3,(H,19,23)/b9-7+,14-11?,16-10-. The van der Waals surface area contributed by atoms with Gasteiger partial charge in [-0.2, -0.15) is 0 Å². The van der Waals surface area contributed by atoms with E-state index in [2.05, 4.69) is 10.1 Å². The molecule has 7 heteroatoms. The van der Waals surface area contributed by atoms with Crippen LogP contribution in [0, 0.1) is 11.8 Å². The fraction of sp³-hybridized carbons (Fsp3) is 0.500. The second-order valence-electron chi connectivity index (χ2n) is 5.69. The van der Waals surface area contributed by atoms with Crippen LogP contribution in [0.3, 0.4) is 0 Å². The molecule has 0 aromatic carbocycles. The maximum Gasteiger partial charge on any atom is 0.410 e. The Kier molecular flexibility index (Phi) is 10.7. The molecular weight excluding hydrogens is 326 g/mol. The van der Waals surface area contributed by atoms with Crippen LogP contribution < -0.4 is 5.32 Å². The van der Waals surface area contributed by atoms with Gasteiger partial charge >= 0.3 is 6.09 Å². The number of hydrogen-bond donors (Lipinski definition) is 2. The number of alkyl carbamates (subject to hydrolysis) is 1. The fourth-order valence-electron chi connectivity index (χ4n) is 1.93. The van der Waals surface area contributed by atoms with E-state index in [-0.39, 0.29) is 11.5 Å². The van der Waals surface area contributed by atoms with Gasteiger partial charge in [0.05, 0.1) is 26.1 Å². The predicted octanol–water partition coefficient (Wildman–Crippen LogP) is 3.04. The van der Waals surface area contributed by atoms with E-state index < -0.39 is 23.6 Å². The normalized spacial score (nSPS) is 13.7. The molecule has 0 saturated heterocycles. The number of amides is 1. The van der Waals surface area contributed by atoms with Gasteiger partial charge in [-0.15, -0.1) is 0 Å². The Balaban J connectivity index is 4.83. The molecule has 0 fully saturated rings. The van der Waals surface area contributed by atoms with Gasteiger partial charge in [-0.1, -0.05) is 26.8 Å². The van der Waals surface area contributed by atoms with Crippen molar-refractivity contribution in [3.63, 3.8) is 0 Å². The monoisotopic (exact) mass is 353 g/mol. The molecule has 0 radical (unpaired) electrons. The lowest BCUT2D eigenvalue weighted by atomic mass is 9.96. The molecule has 0 rings (SSSR count). The first kappa shape index (κ1) is 22.4. The van der Waals surface area contributed by atoms with Crippen molar-refractivity contribution in [3.05, 3.63) is 35.9 Å². The van der Waals surface area contributed by atoms with Crippen LogP contribution in [0.2, 0.25) is 0 Å². The Morgan fingerprint density at radius 1 is 1.12 bits per heavy atom. The van der Waals surface area contributed by atoms with Gasteiger partial charge in [-0.05, 0) is 12.8 Å². The van der Waals surface area contributed by atoms with Crippen LogP contribution in [0.1, 0.15) is 33.6 Å². The highest BCUT2D eigenvalue weighted by atomic mass is 16.5. The van der Waals surface area contributed by atoms with Crippen LogP contribution in [-0.2, 0) is 19.1 Å². The van der Waals surface area contributed by atoms with E-state index in [0.717, 1.165) is 0 Å². The number of nitrogens with one attached hydrogen (secondary N) is 1. The quantitative estimate of drug-likeness (QED) is 0.271. The highest BCUT2D eigenvalue weighted by Crippen LogP contribution is 2.19. The lowest BCUT2D eigenvalue weighted by molar-refractivity contribution is -0.121. The second-order valence-corrected chi connectivity index (χ2v) is 5.69. The van der Waals surface area contributed by atoms with Gasteiger partial charge in [-0.3, -0.25) is 14.9 Å². The summed E-state index contributed by atoms with van der Waals surface area (Å²) in [7, 11) is 2.72. The Morgan fingerprint density at radius 2 is 1.76 bits per heavy atom. The van der Waals surface area contributed by atoms with Crippen LogP contribution in [0.5, 0.6) is 0 Å². The Morgan fingerprint density at radius 3 is 2.24 bits per heavy atom. The van der Waals surface area contributed by atoms with E-state index in [4.69, 9.17) is 4.74 Å². The topological polar surface area (TPSA) is 102 Å². The van der Waals surface area contributed by atoms with Crippen molar-refractivity contribution in [2.75, 3.05) is 14.2 Å². The van der Waals surface area contributed by atoms with Crippen molar-refractivity contribution < 1.29 is 29.0 Å². The first-order chi connectivity index (χ1) is 11.8. The van der Waals surface area contributed by atoms with Crippen LogP contribution in [0.4, 0.5) is 4.79 Å². The second kappa shape index (κ2) is 11.9. The smallest absolute Gasteiger partial charge is 0.410 e. The number of ketones is 2. The summed E-state index contributed by atoms with van der Waals surface area (Å²) in [5.41, 5.74) is -0.265. The Bertz CT molecular complexity index is 560. The third-order valence-corrected chi connectivity index (χ3v) is 3.45. The third kappa shape index (κ3) is 8.19. The number of rotatable bonds is 10.